The maximum atomic E-state index is 12.6. The van der Waals surface area contributed by atoms with Crippen molar-refractivity contribution in [1.82, 2.24) is 5.32 Å². The summed E-state index contributed by atoms with van der Waals surface area (Å²) in [6.45, 7) is 5.95. The third-order valence-electron chi connectivity index (χ3n) is 3.92. The first-order valence-corrected chi connectivity index (χ1v) is 9.91. The minimum absolute atomic E-state index is 0.0124. The van der Waals surface area contributed by atoms with Crippen LogP contribution in [0.15, 0.2) is 47.4 Å². The van der Waals surface area contributed by atoms with Gasteiger partial charge in [0.2, 0.25) is 0 Å². The molecule has 7 heteroatoms. The number of nitrogens with two attached hydrogens (primary N) is 1. The maximum absolute atomic E-state index is 12.6. The Morgan fingerprint density at radius 2 is 1.88 bits per heavy atom. The molecule has 1 amide bonds. The molecule has 1 atom stereocenters. The Hall–Kier alpha value is -2.38. The number of carbonyl (C=O) groups excluding carboxylic acids is 1. The number of anilines is 1. The zero-order valence-electron chi connectivity index (χ0n) is 15.2. The van der Waals surface area contributed by atoms with Crippen molar-refractivity contribution in [1.29, 1.82) is 0 Å². The number of sulfonamides is 1. The van der Waals surface area contributed by atoms with Crippen LogP contribution in [-0.4, -0.2) is 26.9 Å². The van der Waals surface area contributed by atoms with Crippen LogP contribution >= 0.6 is 0 Å². The van der Waals surface area contributed by atoms with Crippen LogP contribution in [0.2, 0.25) is 0 Å². The van der Waals surface area contributed by atoms with Gasteiger partial charge in [-0.3, -0.25) is 9.52 Å². The van der Waals surface area contributed by atoms with Crippen LogP contribution in [-0.2, 0) is 10.0 Å². The van der Waals surface area contributed by atoms with Gasteiger partial charge in [-0.2, -0.15) is 0 Å². The first-order valence-electron chi connectivity index (χ1n) is 8.43. The molecule has 0 saturated heterocycles. The normalized spacial score (nSPS) is 12.5. The molecular weight excluding hydrogens is 350 g/mol. The quantitative estimate of drug-likeness (QED) is 0.692. The predicted octanol–water partition coefficient (Wildman–Crippen LogP) is 2.57. The van der Waals surface area contributed by atoms with E-state index < -0.39 is 10.0 Å². The molecule has 0 aliphatic heterocycles. The molecule has 2 rings (SSSR count). The summed E-state index contributed by atoms with van der Waals surface area (Å²) in [5.74, 6) is -0.309. The Balaban J connectivity index is 2.23. The van der Waals surface area contributed by atoms with E-state index in [0.29, 0.717) is 29.8 Å². The van der Waals surface area contributed by atoms with E-state index in [1.165, 1.54) is 12.1 Å². The van der Waals surface area contributed by atoms with Crippen molar-refractivity contribution in [3.63, 3.8) is 0 Å². The fourth-order valence-electron chi connectivity index (χ4n) is 2.44. The Bertz CT molecular complexity index is 893. The average Bonchev–Trinajstić information content (AvgIpc) is 2.54. The van der Waals surface area contributed by atoms with Gasteiger partial charge in [-0.15, -0.1) is 0 Å². The number of amides is 1. The average molecular weight is 375 g/mol. The van der Waals surface area contributed by atoms with Crippen molar-refractivity contribution in [2.75, 3.05) is 11.3 Å². The monoisotopic (exact) mass is 375 g/mol. The number of benzene rings is 2. The third-order valence-corrected chi connectivity index (χ3v) is 5.30. The van der Waals surface area contributed by atoms with Crippen LogP contribution in [0.5, 0.6) is 0 Å². The summed E-state index contributed by atoms with van der Waals surface area (Å²) < 4.78 is 27.8. The van der Waals surface area contributed by atoms with Gasteiger partial charge in [0.25, 0.3) is 15.9 Å². The van der Waals surface area contributed by atoms with E-state index in [4.69, 9.17) is 5.73 Å². The molecule has 0 radical (unpaired) electrons. The summed E-state index contributed by atoms with van der Waals surface area (Å²) in [5, 5.41) is 2.77. The highest BCUT2D eigenvalue weighted by Crippen LogP contribution is 2.20. The zero-order valence-corrected chi connectivity index (χ0v) is 16.1. The minimum atomic E-state index is -3.79. The summed E-state index contributed by atoms with van der Waals surface area (Å²) >= 11 is 0. The smallest absolute Gasteiger partial charge is 0.261 e. The lowest BCUT2D eigenvalue weighted by Crippen LogP contribution is -2.29. The molecule has 0 aromatic heterocycles. The number of nitrogens with one attached hydrogen (secondary N) is 2. The molecule has 6 nitrogen and oxygen atoms in total. The van der Waals surface area contributed by atoms with Crippen molar-refractivity contribution >= 4 is 21.6 Å². The Morgan fingerprint density at radius 3 is 2.54 bits per heavy atom. The number of carbonyl (C=O) groups is 1. The molecule has 26 heavy (non-hydrogen) atoms. The van der Waals surface area contributed by atoms with E-state index in [0.717, 1.165) is 5.56 Å². The second-order valence-corrected chi connectivity index (χ2v) is 8.16. The molecule has 2 aromatic rings. The molecule has 0 spiro atoms. The number of aryl methyl sites for hydroxylation is 2. The molecule has 2 aromatic carbocycles. The van der Waals surface area contributed by atoms with Gasteiger partial charge < -0.3 is 11.1 Å². The largest absolute Gasteiger partial charge is 0.352 e. The Morgan fingerprint density at radius 1 is 1.15 bits per heavy atom. The fraction of sp³-hybridized carbons (Fsp3) is 0.316. The highest BCUT2D eigenvalue weighted by molar-refractivity contribution is 7.92. The molecule has 1 unspecified atom stereocenters. The number of rotatable bonds is 7. The van der Waals surface area contributed by atoms with Crippen molar-refractivity contribution in [3.8, 4) is 0 Å². The molecule has 0 bridgehead atoms. The maximum Gasteiger partial charge on any atom is 0.261 e. The first-order chi connectivity index (χ1) is 12.2. The van der Waals surface area contributed by atoms with Gasteiger partial charge in [0.1, 0.15) is 0 Å². The topological polar surface area (TPSA) is 101 Å². The van der Waals surface area contributed by atoms with E-state index in [1.807, 2.05) is 19.9 Å². The number of hydrogen-bond donors (Lipinski definition) is 3. The van der Waals surface area contributed by atoms with Crippen molar-refractivity contribution < 1.29 is 13.2 Å². The van der Waals surface area contributed by atoms with Crippen LogP contribution in [0.1, 0.15) is 34.8 Å². The summed E-state index contributed by atoms with van der Waals surface area (Å²) in [6, 6.07) is 11.6. The van der Waals surface area contributed by atoms with Gasteiger partial charge in [0.15, 0.2) is 0 Å². The summed E-state index contributed by atoms with van der Waals surface area (Å²) in [7, 11) is -3.79. The summed E-state index contributed by atoms with van der Waals surface area (Å²) in [4.78, 5) is 12.4. The lowest BCUT2D eigenvalue weighted by Gasteiger charge is -2.12. The standard InChI is InChI=1S/C19H25N3O3S/c1-13-5-4-6-16(11-13)22-26(24,25)17-8-7-14(2)18(12-17)19(23)21-10-9-15(3)20/h4-8,11-12,15,22H,9-10,20H2,1-3H3,(H,21,23). The lowest BCUT2D eigenvalue weighted by atomic mass is 10.1. The highest BCUT2D eigenvalue weighted by atomic mass is 32.2. The van der Waals surface area contributed by atoms with E-state index >= 15 is 0 Å². The predicted molar refractivity (Wildman–Crippen MR) is 104 cm³/mol. The minimum Gasteiger partial charge on any atom is -0.352 e. The van der Waals surface area contributed by atoms with Gasteiger partial charge in [0.05, 0.1) is 4.90 Å². The SMILES string of the molecule is Cc1cccc(NS(=O)(=O)c2ccc(C)c(C(=O)NCCC(C)N)c2)c1. The van der Waals surface area contributed by atoms with Crippen LogP contribution < -0.4 is 15.8 Å². The molecule has 0 fully saturated rings. The molecule has 0 saturated carbocycles. The van der Waals surface area contributed by atoms with Gasteiger partial charge in [-0.25, -0.2) is 8.42 Å². The van der Waals surface area contributed by atoms with Crippen LogP contribution in [0.4, 0.5) is 5.69 Å². The lowest BCUT2D eigenvalue weighted by molar-refractivity contribution is 0.0952. The van der Waals surface area contributed by atoms with E-state index in [-0.39, 0.29) is 16.8 Å². The van der Waals surface area contributed by atoms with Crippen LogP contribution in [0, 0.1) is 13.8 Å². The van der Waals surface area contributed by atoms with Gasteiger partial charge in [-0.1, -0.05) is 18.2 Å². The fourth-order valence-corrected chi connectivity index (χ4v) is 3.52. The Labute approximate surface area is 154 Å². The van der Waals surface area contributed by atoms with Crippen molar-refractivity contribution in [2.45, 2.75) is 38.1 Å². The van der Waals surface area contributed by atoms with E-state index in [9.17, 15) is 13.2 Å². The molecular formula is C19H25N3O3S. The first kappa shape index (κ1) is 19.9. The van der Waals surface area contributed by atoms with E-state index in [2.05, 4.69) is 10.0 Å². The van der Waals surface area contributed by atoms with Crippen molar-refractivity contribution in [3.05, 3.63) is 59.2 Å². The molecule has 0 aliphatic carbocycles. The Kier molecular flexibility index (Phi) is 6.39. The molecule has 0 heterocycles. The van der Waals surface area contributed by atoms with Crippen LogP contribution in [0.25, 0.3) is 0 Å². The molecule has 0 aliphatic rings. The van der Waals surface area contributed by atoms with Crippen molar-refractivity contribution in [2.24, 2.45) is 5.73 Å². The second kappa shape index (κ2) is 8.33. The van der Waals surface area contributed by atoms with Gasteiger partial charge >= 0.3 is 0 Å². The summed E-state index contributed by atoms with van der Waals surface area (Å²) in [5.41, 5.74) is 8.14. The second-order valence-electron chi connectivity index (χ2n) is 6.47. The van der Waals surface area contributed by atoms with Crippen LogP contribution in [0.3, 0.4) is 0 Å². The zero-order chi connectivity index (χ0) is 19.3. The van der Waals surface area contributed by atoms with Gasteiger partial charge in [0, 0.05) is 23.8 Å². The third kappa shape index (κ3) is 5.31. The van der Waals surface area contributed by atoms with E-state index in [1.54, 1.807) is 31.2 Å². The van der Waals surface area contributed by atoms with Gasteiger partial charge in [-0.05, 0) is 62.6 Å². The highest BCUT2D eigenvalue weighted by Gasteiger charge is 2.18. The molecule has 4 N–H and O–H groups in total. The number of hydrogen-bond acceptors (Lipinski definition) is 4. The molecule has 140 valence electrons. The summed E-state index contributed by atoms with van der Waals surface area (Å²) in [6.07, 6.45) is 0.650.